The molecule has 0 unspecified atom stereocenters. The number of carbonyl (C=O) groups is 8. The number of anilines is 2. The molecule has 0 radical (unpaired) electrons. The van der Waals surface area contributed by atoms with Crippen LogP contribution in [0.15, 0.2) is 218 Å². The molecule has 1 heterocycles. The summed E-state index contributed by atoms with van der Waals surface area (Å²) >= 11 is 0. The van der Waals surface area contributed by atoms with E-state index in [0.29, 0.717) is 129 Å². The molecule has 9 aromatic carbocycles. The van der Waals surface area contributed by atoms with Gasteiger partial charge in [0.1, 0.15) is 42.8 Å². The molecule has 26 nitrogen and oxygen atoms in total. The topological polar surface area (TPSA) is 289 Å². The quantitative estimate of drug-likeness (QED) is 0.0101. The number of rotatable bonds is 42. The van der Waals surface area contributed by atoms with Gasteiger partial charge >= 0.3 is 0 Å². The van der Waals surface area contributed by atoms with Gasteiger partial charge in [-0.25, -0.2) is 0 Å². The van der Waals surface area contributed by atoms with Crippen LogP contribution in [0.4, 0.5) is 11.4 Å². The summed E-state index contributed by atoms with van der Waals surface area (Å²) in [6.07, 6.45) is 0.664. The van der Waals surface area contributed by atoms with E-state index in [1.165, 1.54) is 0 Å². The van der Waals surface area contributed by atoms with Crippen molar-refractivity contribution >= 4 is 58.6 Å². The van der Waals surface area contributed by atoms with Crippen LogP contribution in [0.2, 0.25) is 0 Å². The van der Waals surface area contributed by atoms with Crippen LogP contribution in [0.3, 0.4) is 0 Å². The molecule has 26 heteroatoms. The third-order valence-corrected chi connectivity index (χ3v) is 20.9. The highest BCUT2D eigenvalue weighted by atomic mass is 16.5. The van der Waals surface area contributed by atoms with Gasteiger partial charge in [0, 0.05) is 185 Å². The van der Waals surface area contributed by atoms with Gasteiger partial charge in [-0.3, -0.25) is 58.0 Å². The van der Waals surface area contributed by atoms with E-state index < -0.39 is 0 Å². The zero-order valence-corrected chi connectivity index (χ0v) is 71.3. The molecule has 0 spiro atoms. The van der Waals surface area contributed by atoms with Crippen LogP contribution in [0.1, 0.15) is 94.0 Å². The minimum atomic E-state index is -0.358. The molecule has 0 atom stereocenters. The Kier molecular flexibility index (Phi) is 36.4. The predicted molar refractivity (Wildman–Crippen MR) is 477 cm³/mol. The number of benzene rings is 9. The van der Waals surface area contributed by atoms with Crippen LogP contribution in [-0.2, 0) is 43.8 Å². The van der Waals surface area contributed by atoms with Crippen LogP contribution in [-0.4, -0.2) is 233 Å². The number of carbonyl (C=O) groups excluding carboxylic acids is 8. The van der Waals surface area contributed by atoms with Gasteiger partial charge in [-0.2, -0.15) is 0 Å². The predicted octanol–water partition coefficient (Wildman–Crippen LogP) is 8.75. The number of nitrogens with zero attached hydrogens (tertiary/aromatic N) is 6. The van der Waals surface area contributed by atoms with Crippen LogP contribution >= 0.6 is 0 Å². The van der Waals surface area contributed by atoms with Crippen molar-refractivity contribution in [1.29, 1.82) is 0 Å². The second kappa shape index (κ2) is 48.5. The second-order valence-electron chi connectivity index (χ2n) is 30.5. The maximum atomic E-state index is 14.1. The highest BCUT2D eigenvalue weighted by Gasteiger charge is 2.27. The fourth-order valence-electron chi connectivity index (χ4n) is 13.9. The van der Waals surface area contributed by atoms with Gasteiger partial charge in [-0.1, -0.05) is 115 Å². The van der Waals surface area contributed by atoms with E-state index in [4.69, 9.17) is 18.9 Å². The summed E-state index contributed by atoms with van der Waals surface area (Å²) in [5, 5.41) is 23.6. The molecular formula is C96H117N14O12+. The molecule has 1 aliphatic heterocycles. The highest BCUT2D eigenvalue weighted by molar-refractivity contribution is 5.98. The number of para-hydroxylation sites is 1. The molecule has 1 fully saturated rings. The van der Waals surface area contributed by atoms with Crippen molar-refractivity contribution < 1.29 is 57.3 Å². The fraction of sp³-hybridized carbons (Fsp3) is 0.344. The van der Waals surface area contributed by atoms with Crippen molar-refractivity contribution in [2.45, 2.75) is 53.4 Å². The Labute approximate surface area is 717 Å². The van der Waals surface area contributed by atoms with Gasteiger partial charge in [0.15, 0.2) is 0 Å². The summed E-state index contributed by atoms with van der Waals surface area (Å²) in [7, 11) is 8.09. The van der Waals surface area contributed by atoms with Crippen molar-refractivity contribution in [3.05, 3.63) is 291 Å². The number of hydrogen-bond acceptors (Lipinski definition) is 18. The van der Waals surface area contributed by atoms with Crippen molar-refractivity contribution in [3.8, 4) is 23.0 Å². The monoisotopic (exact) mass is 1660 g/mol. The number of nitrogens with one attached hydrogen (secondary N) is 8. The van der Waals surface area contributed by atoms with E-state index in [2.05, 4.69) is 113 Å². The molecule has 8 N–H and O–H groups in total. The van der Waals surface area contributed by atoms with E-state index in [1.807, 2.05) is 190 Å². The molecule has 642 valence electrons. The Morgan fingerprint density at radius 3 is 1.00 bits per heavy atom. The van der Waals surface area contributed by atoms with Gasteiger partial charge < -0.3 is 71.3 Å². The molecule has 122 heavy (non-hydrogen) atoms. The van der Waals surface area contributed by atoms with E-state index in [1.54, 1.807) is 36.4 Å². The molecule has 1 aliphatic rings. The van der Waals surface area contributed by atoms with Gasteiger partial charge in [0.25, 0.3) is 17.7 Å². The van der Waals surface area contributed by atoms with Crippen LogP contribution < -0.4 is 71.3 Å². The van der Waals surface area contributed by atoms with Crippen LogP contribution in [0.25, 0.3) is 0 Å². The minimum absolute atomic E-state index is 0.0534. The van der Waals surface area contributed by atoms with Gasteiger partial charge in [0.05, 0.1) is 61.0 Å². The zero-order valence-electron chi connectivity index (χ0n) is 71.3. The molecule has 10 rings (SSSR count). The first-order valence-electron chi connectivity index (χ1n) is 41.7. The third-order valence-electron chi connectivity index (χ3n) is 20.9. The minimum Gasteiger partial charge on any atom is -0.493 e. The molecule has 1 saturated heterocycles. The Balaban J connectivity index is 0.758. The molecule has 0 saturated carbocycles. The summed E-state index contributed by atoms with van der Waals surface area (Å²) in [5.74, 6) is 0.979. The Bertz CT molecular complexity index is 4780. The second-order valence-corrected chi connectivity index (χ2v) is 30.5. The largest absolute Gasteiger partial charge is 0.493 e. The summed E-state index contributed by atoms with van der Waals surface area (Å²) in [4.78, 5) is 122. The van der Waals surface area contributed by atoms with Crippen molar-refractivity contribution in [2.75, 3.05) is 175 Å². The van der Waals surface area contributed by atoms with E-state index >= 15 is 0 Å². The van der Waals surface area contributed by atoms with E-state index in [9.17, 15) is 38.4 Å². The average Bonchev–Trinajstić information content (AvgIpc) is 0.808. The van der Waals surface area contributed by atoms with Gasteiger partial charge in [-0.05, 0) is 140 Å². The van der Waals surface area contributed by atoms with Crippen molar-refractivity contribution in [2.24, 2.45) is 0 Å². The molecule has 8 amide bonds. The lowest BCUT2D eigenvalue weighted by Crippen LogP contribution is -2.52. The highest BCUT2D eigenvalue weighted by Crippen LogP contribution is 2.35. The molecule has 0 aliphatic carbocycles. The molecular weight excluding hydrogens is 1540 g/mol. The number of aryl methyl sites for hydroxylation is 1. The van der Waals surface area contributed by atoms with Crippen LogP contribution in [0, 0.1) is 26.7 Å². The molecule has 9 aromatic rings. The van der Waals surface area contributed by atoms with Gasteiger partial charge in [-0.15, -0.1) is 0 Å². The normalized spacial score (nSPS) is 12.8. The summed E-state index contributed by atoms with van der Waals surface area (Å²) < 4.78 is 24.5. The van der Waals surface area contributed by atoms with Crippen molar-refractivity contribution in [3.63, 3.8) is 0 Å². The average molecular weight is 1660 g/mol. The number of ether oxygens (including phenoxy) is 4. The lowest BCUT2D eigenvalue weighted by molar-refractivity contribution is -0.125. The lowest BCUT2D eigenvalue weighted by atomic mass is 9.85. The zero-order chi connectivity index (χ0) is 86.4. The SMILES string of the molecule is Cc1cccc(C(=O)NCCNC(=O)CN2CCN(CC(=O)NCCNC(=O)CCCOc3ccc([C+](c4ccc(N(C)C)cc4)c4ccc(N(C)C)cc4)cc3)CCN(CC(=O)NCCNC(=O)c3cccc(OCc4ccccc4)c3C)CCN(CC(=O)NCCNC(=O)c3cccc(OCc4ccccc4)c3C)CC2)c1OCc1ccccc1. The van der Waals surface area contributed by atoms with E-state index in [-0.39, 0.29) is 139 Å². The maximum Gasteiger partial charge on any atom is 0.255 e. The Morgan fingerprint density at radius 2 is 0.639 bits per heavy atom. The van der Waals surface area contributed by atoms with Crippen molar-refractivity contribution in [1.82, 2.24) is 62.1 Å². The first kappa shape index (κ1) is 91.6. The Morgan fingerprint density at radius 1 is 0.328 bits per heavy atom. The first-order valence-corrected chi connectivity index (χ1v) is 41.7. The number of amides is 8. The Hall–Kier alpha value is -12.8. The third kappa shape index (κ3) is 29.9. The maximum absolute atomic E-state index is 14.1. The fourth-order valence-corrected chi connectivity index (χ4v) is 13.9. The number of hydrogen-bond donors (Lipinski definition) is 8. The summed E-state index contributed by atoms with van der Waals surface area (Å²) in [6.45, 7) is 10.1. The van der Waals surface area contributed by atoms with Crippen LogP contribution in [0.5, 0.6) is 23.0 Å². The van der Waals surface area contributed by atoms with Gasteiger partial charge in [0.2, 0.25) is 29.5 Å². The standard InChI is InChI=1S/C96H116N14O12/c1-70-21-17-30-84(93(70)122-69-75-26-15-10-16-27-75)96(118)104-53-50-101-91(115)66-110-57-55-107(63-88(112)98-47-46-97-87(111)33-20-62-119-81-44-38-78(39-45-81)92(76-34-40-79(41-35-76)105(4)5)77-36-42-80(43-37-77)106(6)7)54-56-108(64-89(113)99-48-51-102-94(116)82-28-18-31-85(71(82)2)120-67-73-22-11-8-12-23-73)58-59-109(60-61-110)65-90(114)100-49-52-103-95(117)83-29-19-32-86(72(83)3)121-68-74-24-13-9-14-25-74/h8-19,21-32,34-45H,20,33,46-69H2,1-7H3,(H7-,97,98,99,100,101,102,103,104,111,112,113,114,115,116,117,118)/p+1. The summed E-state index contributed by atoms with van der Waals surface area (Å²) in [6, 6.07) is 70.2. The summed E-state index contributed by atoms with van der Waals surface area (Å²) in [5.41, 5.74) is 11.8. The molecule has 0 bridgehead atoms. The molecule has 0 aromatic heterocycles. The lowest BCUT2D eigenvalue weighted by Gasteiger charge is -2.33. The van der Waals surface area contributed by atoms with E-state index in [0.717, 1.165) is 56.2 Å². The first-order chi connectivity index (χ1) is 59.2. The smallest absolute Gasteiger partial charge is 0.255 e.